The van der Waals surface area contributed by atoms with Crippen LogP contribution in [-0.2, 0) is 55.9 Å². The zero-order valence-electron chi connectivity index (χ0n) is 50.3. The summed E-state index contributed by atoms with van der Waals surface area (Å²) in [6, 6.07) is 26.8. The molecule has 6 aromatic rings. The molecule has 0 amide bonds. The second kappa shape index (κ2) is 35.3. The molecule has 2 unspecified atom stereocenters. The zero-order valence-corrected chi connectivity index (χ0v) is 52.8. The van der Waals surface area contributed by atoms with E-state index in [9.17, 15) is 41.8 Å². The summed E-state index contributed by atoms with van der Waals surface area (Å²) >= 11 is 0.671. The van der Waals surface area contributed by atoms with Crippen LogP contribution in [0.25, 0.3) is 55.9 Å². The smallest absolute Gasteiger partial charge is 0.298 e. The van der Waals surface area contributed by atoms with Gasteiger partial charge in [0.05, 0.1) is 45.4 Å². The van der Waals surface area contributed by atoms with Crippen LogP contribution in [0.4, 0.5) is 17.1 Å². The van der Waals surface area contributed by atoms with E-state index in [2.05, 4.69) is 47.6 Å². The zero-order chi connectivity index (χ0) is 64.5. The third-order valence-electron chi connectivity index (χ3n) is 13.7. The van der Waals surface area contributed by atoms with Crippen LogP contribution >= 0.6 is 12.2 Å². The van der Waals surface area contributed by atoms with Crippen molar-refractivity contribution in [1.29, 1.82) is 0 Å². The maximum absolute atomic E-state index is 13.2. The second-order valence-corrected chi connectivity index (χ2v) is 22.8. The fourth-order valence-electron chi connectivity index (χ4n) is 9.65. The van der Waals surface area contributed by atoms with Crippen LogP contribution in [0.5, 0.6) is 11.5 Å². The van der Waals surface area contributed by atoms with Gasteiger partial charge in [0.1, 0.15) is 46.3 Å². The van der Waals surface area contributed by atoms with Crippen molar-refractivity contribution in [2.45, 2.75) is 78.8 Å². The predicted octanol–water partition coefficient (Wildman–Crippen LogP) is 8.98. The van der Waals surface area contributed by atoms with Crippen molar-refractivity contribution in [2.75, 3.05) is 74.2 Å². The highest BCUT2D eigenvalue weighted by atomic mass is 32.2. The third-order valence-corrected chi connectivity index (χ3v) is 14.7. The van der Waals surface area contributed by atoms with Crippen molar-refractivity contribution in [1.82, 2.24) is 35.3 Å². The number of phenolic OH excluding ortho intramolecular Hbond substituents is 1. The molecule has 480 valence electrons. The Hall–Kier alpha value is -8.19. The highest BCUT2D eigenvalue weighted by Gasteiger charge is 2.27. The second-order valence-electron chi connectivity index (χ2n) is 21.1. The van der Waals surface area contributed by atoms with Gasteiger partial charge in [0.25, 0.3) is 6.47 Å². The molecule has 0 saturated carbocycles. The van der Waals surface area contributed by atoms with Crippen molar-refractivity contribution < 1.29 is 65.1 Å². The summed E-state index contributed by atoms with van der Waals surface area (Å²) in [5.41, 5.74) is 6.05. The summed E-state index contributed by atoms with van der Waals surface area (Å²) in [4.78, 5) is 49.7. The van der Waals surface area contributed by atoms with E-state index in [1.54, 1.807) is 101 Å². The summed E-state index contributed by atoms with van der Waals surface area (Å²) in [6.07, 6.45) is 6.33. The average Bonchev–Trinajstić information content (AvgIpc) is 0.977. The van der Waals surface area contributed by atoms with E-state index >= 15 is 0 Å². The molecule has 0 fully saturated rings. The van der Waals surface area contributed by atoms with E-state index in [0.29, 0.717) is 152 Å². The SMILES string of the molecule is CC(C)[C@@H](C(=O)CCCOCCOCCNC(=S)Nc1ccc(-c2c3ccc(=O)cc-3oc3cc(O)ccc23)c(OC=O)c1)n1cc(-c2ccc(NS(=O)[O-])cc2)nn1.CCCOCCOCCCC(=O)[C@H](C(C)C)n1cc(-c2ccc(NS(=O)[O-])cc2)nn1. The lowest BCUT2D eigenvalue weighted by molar-refractivity contribution is -0.125. The van der Waals surface area contributed by atoms with Crippen LogP contribution in [0.15, 0.2) is 125 Å². The Morgan fingerprint density at radius 1 is 0.667 bits per heavy atom. The summed E-state index contributed by atoms with van der Waals surface area (Å²) in [6.45, 7) is 14.4. The lowest BCUT2D eigenvalue weighted by Crippen LogP contribution is -2.31. The molecule has 3 heterocycles. The molecular formula is C62H72N10O15S3-2. The van der Waals surface area contributed by atoms with Gasteiger partial charge < -0.3 is 62.4 Å². The molecular weight excluding hydrogens is 1220 g/mol. The molecule has 0 spiro atoms. The first kappa shape index (κ1) is 69.3. The minimum Gasteiger partial charge on any atom is -0.755 e. The number of thiocarbonyl (C=S) groups is 1. The van der Waals surface area contributed by atoms with E-state index < -0.39 is 34.6 Å². The van der Waals surface area contributed by atoms with Crippen LogP contribution < -0.4 is 30.2 Å². The number of phenols is 1. The van der Waals surface area contributed by atoms with Crippen molar-refractivity contribution in [2.24, 2.45) is 11.8 Å². The van der Waals surface area contributed by atoms with E-state index in [1.807, 2.05) is 27.7 Å². The highest BCUT2D eigenvalue weighted by Crippen LogP contribution is 2.44. The first-order chi connectivity index (χ1) is 43.4. The van der Waals surface area contributed by atoms with Gasteiger partial charge >= 0.3 is 0 Å². The fourth-order valence-corrected chi connectivity index (χ4v) is 10.5. The van der Waals surface area contributed by atoms with Gasteiger partial charge in [0.2, 0.25) is 0 Å². The lowest BCUT2D eigenvalue weighted by Gasteiger charge is -2.19. The topological polar surface area (TPSA) is 338 Å². The molecule has 2 aliphatic rings. The van der Waals surface area contributed by atoms with Gasteiger partial charge in [-0.25, -0.2) is 9.36 Å². The summed E-state index contributed by atoms with van der Waals surface area (Å²) < 4.78 is 84.5. The number of carbonyl (C=O) groups is 3. The first-order valence-electron chi connectivity index (χ1n) is 29.0. The maximum atomic E-state index is 13.2. The molecule has 1 aliphatic heterocycles. The fraction of sp³-hybridized carbons (Fsp3) is 0.371. The first-order valence-corrected chi connectivity index (χ1v) is 31.6. The van der Waals surface area contributed by atoms with Crippen LogP contribution in [0.2, 0.25) is 0 Å². The normalized spacial score (nSPS) is 12.7. The van der Waals surface area contributed by atoms with Gasteiger partial charge in [-0.3, -0.25) is 27.6 Å². The van der Waals surface area contributed by atoms with Gasteiger partial charge in [0.15, 0.2) is 22.1 Å². The van der Waals surface area contributed by atoms with Gasteiger partial charge in [-0.05, 0) is 104 Å². The number of rotatable bonds is 35. The Bertz CT molecular complexity index is 3710. The number of aromatic hydroxyl groups is 1. The van der Waals surface area contributed by atoms with E-state index in [1.165, 1.54) is 24.3 Å². The maximum Gasteiger partial charge on any atom is 0.298 e. The van der Waals surface area contributed by atoms with E-state index in [4.69, 9.17) is 40.3 Å². The van der Waals surface area contributed by atoms with Gasteiger partial charge in [-0.15, -0.1) is 10.2 Å². The standard InChI is InChI=1S/C41H42N6O10S2.C21H32N4O5S/c1-25(2)40(47-23-34(44-46-47)26-5-7-27(8-6-26)45-59(52)53)35(51)4-3-16-54-18-19-55-17-15-42-41(58)43-28-9-12-31(36(20-28)56-24-48)39-32-13-10-29(49)21-37(32)57-38-22-30(50)11-14-33(38)39;1-4-11-29-13-14-30-12-5-6-20(26)21(16(2)3)25-15-19(22-24-25)17-7-9-18(10-8-17)23-31(27)28/h5-14,20-25,40,45,49H,3-4,15-19H2,1-2H3,(H,52,53)(H2,42,43,58);7-10,15-16,21,23H,4-6,11-14H2,1-3H3,(H,27,28)/p-2/t40-;21-/m00/s1. The van der Waals surface area contributed by atoms with Crippen LogP contribution in [0.3, 0.4) is 0 Å². The number of anilines is 3. The Morgan fingerprint density at radius 2 is 1.18 bits per heavy atom. The quantitative estimate of drug-likeness (QED) is 0.00813. The minimum absolute atomic E-state index is 0.00740. The molecule has 28 heteroatoms. The molecule has 90 heavy (non-hydrogen) atoms. The van der Waals surface area contributed by atoms with Gasteiger partial charge in [-0.1, -0.05) is 69.3 Å². The van der Waals surface area contributed by atoms with Crippen molar-refractivity contribution >= 4 is 85.9 Å². The number of benzene rings is 5. The molecule has 0 radical (unpaired) electrons. The summed E-state index contributed by atoms with van der Waals surface area (Å²) in [5, 5.41) is 34.0. The van der Waals surface area contributed by atoms with Gasteiger partial charge in [-0.2, -0.15) is 0 Å². The van der Waals surface area contributed by atoms with Crippen molar-refractivity contribution in [3.05, 3.63) is 126 Å². The van der Waals surface area contributed by atoms with Crippen molar-refractivity contribution in [3.8, 4) is 56.5 Å². The number of hydrogen-bond acceptors (Lipinski definition) is 20. The molecule has 2 aromatic heterocycles. The highest BCUT2D eigenvalue weighted by molar-refractivity contribution is 7.81. The number of ketones is 2. The lowest BCUT2D eigenvalue weighted by atomic mass is 9.93. The monoisotopic (exact) mass is 1290 g/mol. The number of carbonyl (C=O) groups excluding carboxylic acids is 3. The van der Waals surface area contributed by atoms with Crippen molar-refractivity contribution in [3.63, 3.8) is 0 Å². The van der Waals surface area contributed by atoms with E-state index in [0.717, 1.165) is 24.2 Å². The Balaban J connectivity index is 0.000000313. The number of nitrogens with one attached hydrogen (secondary N) is 4. The number of fused-ring (bicyclic) bond motifs is 2. The average molecular weight is 1290 g/mol. The minimum atomic E-state index is -2.42. The molecule has 4 atom stereocenters. The molecule has 0 saturated heterocycles. The molecule has 25 nitrogen and oxygen atoms in total. The molecule has 8 rings (SSSR count). The van der Waals surface area contributed by atoms with Crippen LogP contribution in [0.1, 0.15) is 78.8 Å². The third kappa shape index (κ3) is 20.7. The Kier molecular flexibility index (Phi) is 27.2. The number of Topliss-reactive ketones (excluding diaryl/α,β-unsaturated/α-hetero) is 2. The Labute approximate surface area is 530 Å². The van der Waals surface area contributed by atoms with E-state index in [-0.39, 0.29) is 40.3 Å². The predicted molar refractivity (Wildman–Crippen MR) is 343 cm³/mol. The Morgan fingerprint density at radius 3 is 1.69 bits per heavy atom. The summed E-state index contributed by atoms with van der Waals surface area (Å²) in [7, 11) is 0. The summed E-state index contributed by atoms with van der Waals surface area (Å²) in [5.74, 6) is 0.681. The van der Waals surface area contributed by atoms with Crippen LogP contribution in [0, 0.1) is 11.8 Å². The number of ether oxygens (including phenoxy) is 5. The molecule has 4 aromatic carbocycles. The molecule has 0 bridgehead atoms. The largest absolute Gasteiger partial charge is 0.755 e. The number of hydrogen-bond donors (Lipinski definition) is 5. The number of aromatic nitrogens is 6. The van der Waals surface area contributed by atoms with Crippen LogP contribution in [-0.4, -0.2) is 135 Å². The molecule has 1 aliphatic carbocycles. The number of nitrogens with zero attached hydrogens (tertiary/aromatic N) is 6. The van der Waals surface area contributed by atoms with Gasteiger partial charge in [0, 0.05) is 130 Å². The molecule has 5 N–H and O–H groups in total.